The summed E-state index contributed by atoms with van der Waals surface area (Å²) in [4.78, 5) is 5.00. The molecule has 112 valence electrons. The summed E-state index contributed by atoms with van der Waals surface area (Å²) in [6.07, 6.45) is 6.43. The molecule has 4 rings (SSSR count). The van der Waals surface area contributed by atoms with Crippen LogP contribution in [0, 0.1) is 5.92 Å². The summed E-state index contributed by atoms with van der Waals surface area (Å²) in [6.45, 7) is 3.44. The third-order valence-corrected chi connectivity index (χ3v) is 5.49. The highest BCUT2D eigenvalue weighted by Crippen LogP contribution is 2.41. The van der Waals surface area contributed by atoms with Gasteiger partial charge in [0.1, 0.15) is 5.82 Å². The minimum absolute atomic E-state index is 0.426. The second-order valence-electron chi connectivity index (χ2n) is 6.51. The molecule has 1 saturated heterocycles. The van der Waals surface area contributed by atoms with E-state index in [9.17, 15) is 0 Å². The second kappa shape index (κ2) is 5.40. The highest BCUT2D eigenvalue weighted by Gasteiger charge is 2.32. The lowest BCUT2D eigenvalue weighted by Crippen LogP contribution is -2.33. The Balaban J connectivity index is 1.78. The fraction of sp³-hybridized carbons (Fsp3) is 0.588. The maximum absolute atomic E-state index is 5.00. The number of fused-ring (bicyclic) bond motifs is 1. The van der Waals surface area contributed by atoms with E-state index in [1.54, 1.807) is 0 Å². The monoisotopic (exact) mass is 347 g/mol. The number of hydrogen-bond donors (Lipinski definition) is 1. The third-order valence-electron chi connectivity index (χ3n) is 4.99. The van der Waals surface area contributed by atoms with Crippen LogP contribution < -0.4 is 5.32 Å². The zero-order valence-electron chi connectivity index (χ0n) is 12.5. The van der Waals surface area contributed by atoms with Crippen LogP contribution in [0.15, 0.2) is 22.7 Å². The van der Waals surface area contributed by atoms with Gasteiger partial charge in [0.15, 0.2) is 0 Å². The van der Waals surface area contributed by atoms with Gasteiger partial charge in [-0.3, -0.25) is 0 Å². The molecule has 4 heteroatoms. The Hall–Kier alpha value is -0.870. The second-order valence-corrected chi connectivity index (χ2v) is 7.43. The van der Waals surface area contributed by atoms with Crippen LogP contribution in [0.3, 0.4) is 0 Å². The zero-order chi connectivity index (χ0) is 14.4. The molecular weight excluding hydrogens is 326 g/mol. The Morgan fingerprint density at radius 2 is 2.19 bits per heavy atom. The van der Waals surface area contributed by atoms with E-state index in [0.29, 0.717) is 12.1 Å². The molecule has 3 nitrogen and oxygen atoms in total. The van der Waals surface area contributed by atoms with Crippen molar-refractivity contribution >= 4 is 27.0 Å². The fourth-order valence-corrected chi connectivity index (χ4v) is 3.97. The maximum Gasteiger partial charge on any atom is 0.127 e. The number of nitrogens with zero attached hydrogens (tertiary/aromatic N) is 2. The standard InChI is InChI=1S/C17H22BrN3/c1-2-11-7-8-19-15(9-11)17-20-14-10-12(18)3-6-16(14)21(17)13-4-5-13/h3,6,10-11,13,15,19H,2,4-5,7-9H2,1H3. The molecule has 2 aromatic rings. The molecule has 0 bridgehead atoms. The van der Waals surface area contributed by atoms with Gasteiger partial charge in [-0.15, -0.1) is 0 Å². The smallest absolute Gasteiger partial charge is 0.127 e. The molecular formula is C17H22BrN3. The molecule has 1 aliphatic heterocycles. The average Bonchev–Trinajstić information content (AvgIpc) is 3.27. The molecule has 1 N–H and O–H groups in total. The van der Waals surface area contributed by atoms with E-state index in [1.807, 2.05) is 0 Å². The van der Waals surface area contributed by atoms with E-state index in [-0.39, 0.29) is 0 Å². The predicted molar refractivity (Wildman–Crippen MR) is 89.5 cm³/mol. The molecule has 0 spiro atoms. The Morgan fingerprint density at radius 3 is 2.95 bits per heavy atom. The topological polar surface area (TPSA) is 29.9 Å². The minimum atomic E-state index is 0.426. The van der Waals surface area contributed by atoms with E-state index < -0.39 is 0 Å². The quantitative estimate of drug-likeness (QED) is 0.880. The van der Waals surface area contributed by atoms with Crippen LogP contribution >= 0.6 is 15.9 Å². The molecule has 1 aromatic heterocycles. The third kappa shape index (κ3) is 2.53. The Bertz CT molecular complexity index is 659. The fourth-order valence-electron chi connectivity index (χ4n) is 3.62. The first-order chi connectivity index (χ1) is 10.3. The molecule has 2 atom stereocenters. The summed E-state index contributed by atoms with van der Waals surface area (Å²) in [5, 5.41) is 3.70. The van der Waals surface area contributed by atoms with Crippen molar-refractivity contribution in [1.29, 1.82) is 0 Å². The number of nitrogens with one attached hydrogen (secondary N) is 1. The summed E-state index contributed by atoms with van der Waals surface area (Å²) in [7, 11) is 0. The Morgan fingerprint density at radius 1 is 1.33 bits per heavy atom. The molecule has 21 heavy (non-hydrogen) atoms. The van der Waals surface area contributed by atoms with Crippen LogP contribution in [0.5, 0.6) is 0 Å². The van der Waals surface area contributed by atoms with Gasteiger partial charge in [-0.25, -0.2) is 4.98 Å². The lowest BCUT2D eigenvalue weighted by atomic mass is 9.90. The van der Waals surface area contributed by atoms with Crippen LogP contribution in [-0.2, 0) is 0 Å². The molecule has 2 fully saturated rings. The van der Waals surface area contributed by atoms with E-state index >= 15 is 0 Å². The Labute approximate surface area is 134 Å². The molecule has 2 unspecified atom stereocenters. The van der Waals surface area contributed by atoms with Crippen molar-refractivity contribution in [2.45, 2.75) is 51.1 Å². The van der Waals surface area contributed by atoms with Crippen molar-refractivity contribution in [1.82, 2.24) is 14.9 Å². The van der Waals surface area contributed by atoms with Crippen molar-refractivity contribution in [3.05, 3.63) is 28.5 Å². The number of rotatable bonds is 3. The number of aromatic nitrogens is 2. The molecule has 2 aliphatic rings. The molecule has 0 amide bonds. The first-order valence-electron chi connectivity index (χ1n) is 8.17. The highest BCUT2D eigenvalue weighted by atomic mass is 79.9. The maximum atomic E-state index is 5.00. The van der Waals surface area contributed by atoms with E-state index in [1.165, 1.54) is 43.4 Å². The van der Waals surface area contributed by atoms with Crippen molar-refractivity contribution in [3.63, 3.8) is 0 Å². The lowest BCUT2D eigenvalue weighted by Gasteiger charge is -2.29. The SMILES string of the molecule is CCC1CCNC(c2nc3cc(Br)ccc3n2C2CC2)C1. The van der Waals surface area contributed by atoms with Crippen LogP contribution in [0.4, 0.5) is 0 Å². The van der Waals surface area contributed by atoms with Gasteiger partial charge < -0.3 is 9.88 Å². The largest absolute Gasteiger partial charge is 0.324 e. The summed E-state index contributed by atoms with van der Waals surface area (Å²) in [5.41, 5.74) is 2.43. The van der Waals surface area contributed by atoms with E-state index in [0.717, 1.165) is 22.5 Å². The normalized spacial score (nSPS) is 26.4. The van der Waals surface area contributed by atoms with Crippen molar-refractivity contribution < 1.29 is 0 Å². The van der Waals surface area contributed by atoms with Gasteiger partial charge in [0.25, 0.3) is 0 Å². The number of halogens is 1. The highest BCUT2D eigenvalue weighted by molar-refractivity contribution is 9.10. The van der Waals surface area contributed by atoms with Crippen molar-refractivity contribution in [2.75, 3.05) is 6.54 Å². The molecule has 1 saturated carbocycles. The van der Waals surface area contributed by atoms with Gasteiger partial charge in [-0.1, -0.05) is 29.3 Å². The van der Waals surface area contributed by atoms with Gasteiger partial charge in [0, 0.05) is 10.5 Å². The molecule has 1 aliphatic carbocycles. The van der Waals surface area contributed by atoms with Crippen LogP contribution in [0.25, 0.3) is 11.0 Å². The van der Waals surface area contributed by atoms with Crippen LogP contribution in [-0.4, -0.2) is 16.1 Å². The van der Waals surface area contributed by atoms with Crippen molar-refractivity contribution in [2.24, 2.45) is 5.92 Å². The lowest BCUT2D eigenvalue weighted by molar-refractivity contribution is 0.287. The molecule has 0 radical (unpaired) electrons. The first-order valence-corrected chi connectivity index (χ1v) is 8.96. The zero-order valence-corrected chi connectivity index (χ0v) is 14.1. The van der Waals surface area contributed by atoms with Crippen LogP contribution in [0.2, 0.25) is 0 Å². The summed E-state index contributed by atoms with van der Waals surface area (Å²) in [6, 6.07) is 7.60. The number of imidazole rings is 1. The number of hydrogen-bond acceptors (Lipinski definition) is 2. The number of piperidine rings is 1. The Kier molecular flexibility index (Phi) is 3.54. The van der Waals surface area contributed by atoms with Gasteiger partial charge in [-0.2, -0.15) is 0 Å². The summed E-state index contributed by atoms with van der Waals surface area (Å²) >= 11 is 3.57. The predicted octanol–water partition coefficient (Wildman–Crippen LogP) is 4.58. The van der Waals surface area contributed by atoms with Gasteiger partial charge in [0.05, 0.1) is 17.1 Å². The van der Waals surface area contributed by atoms with E-state index in [2.05, 4.69) is 50.9 Å². The van der Waals surface area contributed by atoms with Gasteiger partial charge >= 0.3 is 0 Å². The van der Waals surface area contributed by atoms with Gasteiger partial charge in [-0.05, 0) is 56.3 Å². The molecule has 1 aromatic carbocycles. The molecule has 2 heterocycles. The first kappa shape index (κ1) is 13.8. The van der Waals surface area contributed by atoms with E-state index in [4.69, 9.17) is 4.98 Å². The minimum Gasteiger partial charge on any atom is -0.324 e. The van der Waals surface area contributed by atoms with Gasteiger partial charge in [0.2, 0.25) is 0 Å². The summed E-state index contributed by atoms with van der Waals surface area (Å²) < 4.78 is 3.63. The average molecular weight is 348 g/mol. The van der Waals surface area contributed by atoms with Crippen LogP contribution in [0.1, 0.15) is 56.9 Å². The number of benzene rings is 1. The van der Waals surface area contributed by atoms with Crippen molar-refractivity contribution in [3.8, 4) is 0 Å². The summed E-state index contributed by atoms with van der Waals surface area (Å²) in [5.74, 6) is 2.11.